The predicted octanol–water partition coefficient (Wildman–Crippen LogP) is 6.07. The van der Waals surface area contributed by atoms with Crippen molar-refractivity contribution in [2.45, 2.75) is 46.4 Å². The van der Waals surface area contributed by atoms with E-state index in [0.717, 1.165) is 5.56 Å². The number of esters is 1. The summed E-state index contributed by atoms with van der Waals surface area (Å²) in [6, 6.07) is 18.5. The molecule has 0 saturated carbocycles. The number of carbonyl (C=O) groups is 1. The van der Waals surface area contributed by atoms with Crippen LogP contribution in [0.4, 0.5) is 4.39 Å². The molecule has 222 valence electrons. The Labute approximate surface area is 260 Å². The summed E-state index contributed by atoms with van der Waals surface area (Å²) in [5.74, 6) is 0.253. The molecule has 0 radical (unpaired) electrons. The fourth-order valence-corrected chi connectivity index (χ4v) is 6.36. The SMILES string of the molecule is CCOC(=O)C1=C(C)N=c2s/c(=C/c3ccc(OCc4ccccc4F)c(Br)c3)c(=O)n2[C@H]1c1ccccc1OC(C)C. The second kappa shape index (κ2) is 13.1. The van der Waals surface area contributed by atoms with Crippen molar-refractivity contribution in [3.63, 3.8) is 0 Å². The second-order valence-corrected chi connectivity index (χ2v) is 11.9. The highest BCUT2D eigenvalue weighted by Crippen LogP contribution is 2.36. The Balaban J connectivity index is 1.56. The van der Waals surface area contributed by atoms with Crippen LogP contribution in [0.1, 0.15) is 50.4 Å². The van der Waals surface area contributed by atoms with E-state index in [-0.39, 0.29) is 30.7 Å². The van der Waals surface area contributed by atoms with Crippen LogP contribution in [-0.2, 0) is 16.1 Å². The molecule has 1 aliphatic rings. The summed E-state index contributed by atoms with van der Waals surface area (Å²) in [7, 11) is 0. The molecule has 1 atom stereocenters. The molecule has 7 nitrogen and oxygen atoms in total. The number of aromatic nitrogens is 1. The zero-order valence-electron chi connectivity index (χ0n) is 24.1. The van der Waals surface area contributed by atoms with Gasteiger partial charge in [0.15, 0.2) is 4.80 Å². The number of rotatable bonds is 9. The Morgan fingerprint density at radius 1 is 1.12 bits per heavy atom. The van der Waals surface area contributed by atoms with Crippen molar-refractivity contribution in [1.29, 1.82) is 0 Å². The number of halogens is 2. The van der Waals surface area contributed by atoms with Crippen molar-refractivity contribution in [2.24, 2.45) is 4.99 Å². The van der Waals surface area contributed by atoms with E-state index in [1.165, 1.54) is 17.4 Å². The maximum absolute atomic E-state index is 14.0. The molecule has 1 aliphatic heterocycles. The lowest BCUT2D eigenvalue weighted by molar-refractivity contribution is -0.139. The molecule has 3 aromatic carbocycles. The van der Waals surface area contributed by atoms with Crippen LogP contribution in [0.5, 0.6) is 11.5 Å². The fourth-order valence-electron chi connectivity index (χ4n) is 4.80. The lowest BCUT2D eigenvalue weighted by atomic mass is 9.95. The van der Waals surface area contributed by atoms with E-state index in [1.54, 1.807) is 48.8 Å². The monoisotopic (exact) mass is 664 g/mol. The maximum Gasteiger partial charge on any atom is 0.338 e. The van der Waals surface area contributed by atoms with Gasteiger partial charge in [-0.25, -0.2) is 14.2 Å². The molecule has 1 aromatic heterocycles. The second-order valence-electron chi connectivity index (χ2n) is 10.1. The molecule has 43 heavy (non-hydrogen) atoms. The smallest absolute Gasteiger partial charge is 0.338 e. The van der Waals surface area contributed by atoms with Crippen LogP contribution in [0, 0.1) is 5.82 Å². The summed E-state index contributed by atoms with van der Waals surface area (Å²) in [6.07, 6.45) is 1.65. The molecule has 4 aromatic rings. The molecule has 0 N–H and O–H groups in total. The number of allylic oxidation sites excluding steroid dienone is 1. The zero-order valence-corrected chi connectivity index (χ0v) is 26.5. The summed E-state index contributed by atoms with van der Waals surface area (Å²) in [5.41, 5.74) is 2.34. The fraction of sp³-hybridized carbons (Fsp3) is 0.242. The summed E-state index contributed by atoms with van der Waals surface area (Å²) >= 11 is 4.77. The summed E-state index contributed by atoms with van der Waals surface area (Å²) in [5, 5.41) is 0. The van der Waals surface area contributed by atoms with Crippen LogP contribution in [0.2, 0.25) is 0 Å². The summed E-state index contributed by atoms with van der Waals surface area (Å²) in [4.78, 5) is 32.4. The lowest BCUT2D eigenvalue weighted by Crippen LogP contribution is -2.40. The van der Waals surface area contributed by atoms with Crippen molar-refractivity contribution < 1.29 is 23.4 Å². The third-order valence-corrected chi connectivity index (χ3v) is 8.29. The normalized spacial score (nSPS) is 14.9. The average molecular weight is 666 g/mol. The van der Waals surface area contributed by atoms with Gasteiger partial charge in [0.25, 0.3) is 5.56 Å². The highest BCUT2D eigenvalue weighted by molar-refractivity contribution is 9.10. The number of thiazole rings is 1. The minimum Gasteiger partial charge on any atom is -0.491 e. The number of carbonyl (C=O) groups excluding carboxylic acids is 1. The van der Waals surface area contributed by atoms with Crippen LogP contribution >= 0.6 is 27.3 Å². The summed E-state index contributed by atoms with van der Waals surface area (Å²) < 4.78 is 34.0. The first-order valence-corrected chi connectivity index (χ1v) is 15.4. The maximum atomic E-state index is 14.0. The highest BCUT2D eigenvalue weighted by atomic mass is 79.9. The molecule has 0 aliphatic carbocycles. The molecular weight excluding hydrogens is 635 g/mol. The zero-order chi connectivity index (χ0) is 30.7. The van der Waals surface area contributed by atoms with Gasteiger partial charge in [-0.05, 0) is 79.5 Å². The molecule has 2 heterocycles. The van der Waals surface area contributed by atoms with Gasteiger partial charge in [0.05, 0.1) is 33.0 Å². The largest absolute Gasteiger partial charge is 0.491 e. The first-order valence-electron chi connectivity index (χ1n) is 13.8. The van der Waals surface area contributed by atoms with E-state index >= 15 is 0 Å². The van der Waals surface area contributed by atoms with Crippen molar-refractivity contribution in [3.8, 4) is 11.5 Å². The molecule has 5 rings (SSSR count). The first kappa shape index (κ1) is 30.4. The molecule has 0 saturated heterocycles. The number of hydrogen-bond acceptors (Lipinski definition) is 7. The number of fused-ring (bicyclic) bond motifs is 1. The van der Waals surface area contributed by atoms with Crippen molar-refractivity contribution in [3.05, 3.63) is 125 Å². The predicted molar refractivity (Wildman–Crippen MR) is 167 cm³/mol. The number of benzene rings is 3. The minimum absolute atomic E-state index is 0.0768. The van der Waals surface area contributed by atoms with Gasteiger partial charge in [-0.2, -0.15) is 0 Å². The Kier molecular flexibility index (Phi) is 9.27. The van der Waals surface area contributed by atoms with Gasteiger partial charge in [0.2, 0.25) is 0 Å². The highest BCUT2D eigenvalue weighted by Gasteiger charge is 2.35. The van der Waals surface area contributed by atoms with E-state index in [4.69, 9.17) is 14.2 Å². The van der Waals surface area contributed by atoms with Gasteiger partial charge < -0.3 is 14.2 Å². The summed E-state index contributed by atoms with van der Waals surface area (Å²) in [6.45, 7) is 7.59. The minimum atomic E-state index is -0.784. The van der Waals surface area contributed by atoms with Crippen molar-refractivity contribution in [1.82, 2.24) is 4.57 Å². The van der Waals surface area contributed by atoms with Crippen LogP contribution in [0.15, 0.2) is 92.3 Å². The van der Waals surface area contributed by atoms with E-state index in [1.807, 2.05) is 50.2 Å². The van der Waals surface area contributed by atoms with Gasteiger partial charge in [-0.3, -0.25) is 9.36 Å². The molecule has 0 unspecified atom stereocenters. The molecule has 0 spiro atoms. The Morgan fingerprint density at radius 3 is 2.58 bits per heavy atom. The lowest BCUT2D eigenvalue weighted by Gasteiger charge is -2.26. The third kappa shape index (κ3) is 6.50. The molecular formula is C33H30BrFN2O5S. The van der Waals surface area contributed by atoms with E-state index in [2.05, 4.69) is 20.9 Å². The molecule has 0 fully saturated rings. The Morgan fingerprint density at radius 2 is 1.86 bits per heavy atom. The van der Waals surface area contributed by atoms with Crippen LogP contribution in [-0.4, -0.2) is 23.2 Å². The number of para-hydroxylation sites is 1. The van der Waals surface area contributed by atoms with E-state index in [0.29, 0.717) is 47.7 Å². The number of nitrogens with zero attached hydrogens (tertiary/aromatic N) is 2. The van der Waals surface area contributed by atoms with Crippen molar-refractivity contribution in [2.75, 3.05) is 6.61 Å². The number of hydrogen-bond donors (Lipinski definition) is 0. The number of ether oxygens (including phenoxy) is 3. The van der Waals surface area contributed by atoms with Gasteiger partial charge in [0, 0.05) is 11.1 Å². The quantitative estimate of drug-likeness (QED) is 0.203. The van der Waals surface area contributed by atoms with Crippen LogP contribution in [0.3, 0.4) is 0 Å². The first-order chi connectivity index (χ1) is 20.7. The Hall–Kier alpha value is -4.02. The molecule has 0 amide bonds. The van der Waals surface area contributed by atoms with Gasteiger partial charge in [-0.15, -0.1) is 0 Å². The van der Waals surface area contributed by atoms with Crippen LogP contribution in [0.25, 0.3) is 6.08 Å². The van der Waals surface area contributed by atoms with Gasteiger partial charge >= 0.3 is 5.97 Å². The topological polar surface area (TPSA) is 79.1 Å². The van der Waals surface area contributed by atoms with E-state index in [9.17, 15) is 14.0 Å². The van der Waals surface area contributed by atoms with Gasteiger partial charge in [-0.1, -0.05) is 53.8 Å². The Bertz CT molecular complexity index is 1900. The van der Waals surface area contributed by atoms with Crippen molar-refractivity contribution >= 4 is 39.3 Å². The molecule has 0 bridgehead atoms. The average Bonchev–Trinajstić information content (AvgIpc) is 3.26. The molecule has 10 heteroatoms. The third-order valence-electron chi connectivity index (χ3n) is 6.69. The van der Waals surface area contributed by atoms with Crippen LogP contribution < -0.4 is 24.4 Å². The standard InChI is InChI=1S/C33H30BrFN2O5S/c1-5-40-32(39)29-20(4)36-33-37(30(29)23-11-7-9-13-26(23)42-19(2)3)31(38)28(43-33)17-21-14-15-27(24(34)16-21)41-18-22-10-6-8-12-25(22)35/h6-17,19,30H,5,18H2,1-4H3/b28-17+/t30-/m0/s1. The van der Waals surface area contributed by atoms with Gasteiger partial charge in [0.1, 0.15) is 30.0 Å². The van der Waals surface area contributed by atoms with E-state index < -0.39 is 12.0 Å².